The maximum atomic E-state index is 5.41. The van der Waals surface area contributed by atoms with Crippen molar-refractivity contribution < 1.29 is 4.52 Å². The van der Waals surface area contributed by atoms with Crippen LogP contribution in [0.1, 0.15) is 63.6 Å². The molecule has 2 aromatic heterocycles. The number of likely N-dealkylation sites (tertiary alicyclic amines) is 1. The lowest BCUT2D eigenvalue weighted by Crippen LogP contribution is -2.33. The van der Waals surface area contributed by atoms with E-state index in [-0.39, 0.29) is 11.5 Å². The number of hydrogen-bond donors (Lipinski definition) is 1. The van der Waals surface area contributed by atoms with E-state index >= 15 is 0 Å². The zero-order valence-electron chi connectivity index (χ0n) is 12.8. The summed E-state index contributed by atoms with van der Waals surface area (Å²) in [5.74, 6) is 2.35. The van der Waals surface area contributed by atoms with Gasteiger partial charge in [-0.3, -0.25) is 10.00 Å². The van der Waals surface area contributed by atoms with Crippen LogP contribution in [0.3, 0.4) is 0 Å². The summed E-state index contributed by atoms with van der Waals surface area (Å²) in [6, 6.07) is 0.256. The smallest absolute Gasteiger partial charge is 0.240 e. The molecule has 1 fully saturated rings. The van der Waals surface area contributed by atoms with Gasteiger partial charge in [0.05, 0.1) is 12.6 Å². The molecule has 0 aliphatic carbocycles. The Morgan fingerprint density at radius 3 is 2.90 bits per heavy atom. The number of hydrogen-bond acceptors (Lipinski definition) is 6. The summed E-state index contributed by atoms with van der Waals surface area (Å²) < 4.78 is 5.41. The van der Waals surface area contributed by atoms with Gasteiger partial charge in [0.2, 0.25) is 5.89 Å². The maximum Gasteiger partial charge on any atom is 0.240 e. The van der Waals surface area contributed by atoms with Gasteiger partial charge in [-0.2, -0.15) is 10.1 Å². The third-order valence-corrected chi connectivity index (χ3v) is 3.84. The molecule has 1 N–H and O–H groups in total. The Labute approximate surface area is 124 Å². The predicted molar refractivity (Wildman–Crippen MR) is 76.4 cm³/mol. The summed E-state index contributed by atoms with van der Waals surface area (Å²) >= 11 is 0. The SMILES string of the molecule is CC(C)(C)c1noc(CN2CCCC[C@H]2c2ncn[nH]2)n1. The Bertz CT molecular complexity index is 571. The second-order valence-corrected chi connectivity index (χ2v) is 6.61. The van der Waals surface area contributed by atoms with Crippen molar-refractivity contribution in [2.75, 3.05) is 6.54 Å². The lowest BCUT2D eigenvalue weighted by Gasteiger charge is -2.32. The van der Waals surface area contributed by atoms with Gasteiger partial charge in [-0.25, -0.2) is 4.98 Å². The van der Waals surface area contributed by atoms with E-state index in [0.29, 0.717) is 12.4 Å². The van der Waals surface area contributed by atoms with E-state index in [1.54, 1.807) is 6.33 Å². The molecule has 21 heavy (non-hydrogen) atoms. The van der Waals surface area contributed by atoms with Gasteiger partial charge >= 0.3 is 0 Å². The number of aromatic nitrogens is 5. The van der Waals surface area contributed by atoms with Crippen LogP contribution >= 0.6 is 0 Å². The average Bonchev–Trinajstić information content (AvgIpc) is 3.09. The van der Waals surface area contributed by atoms with Crippen LogP contribution in [0.2, 0.25) is 0 Å². The van der Waals surface area contributed by atoms with Crippen LogP contribution in [0, 0.1) is 0 Å². The highest BCUT2D eigenvalue weighted by molar-refractivity contribution is 5.01. The first-order valence-corrected chi connectivity index (χ1v) is 7.46. The van der Waals surface area contributed by atoms with E-state index in [9.17, 15) is 0 Å². The van der Waals surface area contributed by atoms with Crippen LogP contribution in [-0.2, 0) is 12.0 Å². The molecule has 114 valence electrons. The monoisotopic (exact) mass is 290 g/mol. The number of H-pyrrole nitrogens is 1. The molecule has 7 heteroatoms. The van der Waals surface area contributed by atoms with Crippen LogP contribution in [-0.4, -0.2) is 36.8 Å². The van der Waals surface area contributed by atoms with Gasteiger partial charge in [-0.15, -0.1) is 0 Å². The first kappa shape index (κ1) is 14.2. The predicted octanol–water partition coefficient (Wildman–Crippen LogP) is 2.21. The van der Waals surface area contributed by atoms with Crippen molar-refractivity contribution in [3.63, 3.8) is 0 Å². The van der Waals surface area contributed by atoms with Crippen LogP contribution in [0.25, 0.3) is 0 Å². The first-order chi connectivity index (χ1) is 10.0. The minimum atomic E-state index is -0.0893. The minimum Gasteiger partial charge on any atom is -0.338 e. The lowest BCUT2D eigenvalue weighted by molar-refractivity contribution is 0.118. The Kier molecular flexibility index (Phi) is 3.75. The summed E-state index contributed by atoms with van der Waals surface area (Å²) in [6.07, 6.45) is 5.03. The number of aromatic amines is 1. The summed E-state index contributed by atoms with van der Waals surface area (Å²) in [6.45, 7) is 7.92. The molecule has 0 unspecified atom stereocenters. The molecule has 0 aromatic carbocycles. The molecule has 1 atom stereocenters. The van der Waals surface area contributed by atoms with E-state index in [4.69, 9.17) is 4.52 Å². The van der Waals surface area contributed by atoms with E-state index in [2.05, 4.69) is 51.0 Å². The summed E-state index contributed by atoms with van der Waals surface area (Å²) in [4.78, 5) is 11.2. The third-order valence-electron chi connectivity index (χ3n) is 3.84. The van der Waals surface area contributed by atoms with Crippen LogP contribution < -0.4 is 0 Å². The second kappa shape index (κ2) is 5.55. The molecular weight excluding hydrogens is 268 g/mol. The van der Waals surface area contributed by atoms with Crippen LogP contribution in [0.15, 0.2) is 10.9 Å². The molecule has 2 aromatic rings. The second-order valence-electron chi connectivity index (χ2n) is 6.61. The normalized spacial score (nSPS) is 20.8. The lowest BCUT2D eigenvalue weighted by atomic mass is 9.96. The molecule has 0 radical (unpaired) electrons. The summed E-state index contributed by atoms with van der Waals surface area (Å²) in [5, 5.41) is 11.0. The fourth-order valence-corrected chi connectivity index (χ4v) is 2.66. The number of nitrogens with zero attached hydrogens (tertiary/aromatic N) is 5. The Morgan fingerprint density at radius 2 is 2.24 bits per heavy atom. The standard InChI is InChI=1S/C14H22N6O/c1-14(2,3)13-17-11(21-19-13)8-20-7-5-4-6-10(20)12-15-9-16-18-12/h9-10H,4-8H2,1-3H3,(H,15,16,18)/t10-/m0/s1. The first-order valence-electron chi connectivity index (χ1n) is 7.46. The van der Waals surface area contributed by atoms with E-state index in [1.165, 1.54) is 12.8 Å². The summed E-state index contributed by atoms with van der Waals surface area (Å²) in [7, 11) is 0. The van der Waals surface area contributed by atoms with Crippen LogP contribution in [0.4, 0.5) is 0 Å². The molecule has 1 aliphatic heterocycles. The van der Waals surface area contributed by atoms with Gasteiger partial charge in [0.15, 0.2) is 5.82 Å². The zero-order valence-corrected chi connectivity index (χ0v) is 12.8. The quantitative estimate of drug-likeness (QED) is 0.933. The van der Waals surface area contributed by atoms with Gasteiger partial charge in [0.25, 0.3) is 0 Å². The molecule has 0 spiro atoms. The highest BCUT2D eigenvalue weighted by Gasteiger charge is 2.28. The van der Waals surface area contributed by atoms with Gasteiger partial charge in [-0.1, -0.05) is 32.3 Å². The number of piperidine rings is 1. The van der Waals surface area contributed by atoms with Gasteiger partial charge in [0, 0.05) is 5.41 Å². The van der Waals surface area contributed by atoms with Crippen molar-refractivity contribution >= 4 is 0 Å². The van der Waals surface area contributed by atoms with E-state index < -0.39 is 0 Å². The van der Waals surface area contributed by atoms with Crippen molar-refractivity contribution in [2.45, 2.75) is 58.0 Å². The molecule has 0 amide bonds. The van der Waals surface area contributed by atoms with Crippen molar-refractivity contribution in [2.24, 2.45) is 0 Å². The van der Waals surface area contributed by atoms with Crippen LogP contribution in [0.5, 0.6) is 0 Å². The van der Waals surface area contributed by atoms with Crippen molar-refractivity contribution in [3.05, 3.63) is 23.9 Å². The molecular formula is C14H22N6O. The Balaban J connectivity index is 1.74. The molecule has 0 bridgehead atoms. The molecule has 1 saturated heterocycles. The van der Waals surface area contributed by atoms with E-state index in [1.807, 2.05) is 0 Å². The topological polar surface area (TPSA) is 83.7 Å². The van der Waals surface area contributed by atoms with Crippen molar-refractivity contribution in [1.29, 1.82) is 0 Å². The Hall–Kier alpha value is -1.76. The molecule has 1 aliphatic rings. The number of rotatable bonds is 3. The largest absolute Gasteiger partial charge is 0.338 e. The molecule has 3 heterocycles. The average molecular weight is 290 g/mol. The van der Waals surface area contributed by atoms with E-state index in [0.717, 1.165) is 24.6 Å². The van der Waals surface area contributed by atoms with Gasteiger partial charge in [-0.05, 0) is 19.4 Å². The zero-order chi connectivity index (χ0) is 14.9. The fraction of sp³-hybridized carbons (Fsp3) is 0.714. The van der Waals surface area contributed by atoms with Crippen molar-refractivity contribution in [1.82, 2.24) is 30.2 Å². The Morgan fingerprint density at radius 1 is 1.38 bits per heavy atom. The summed E-state index contributed by atoms with van der Waals surface area (Å²) in [5.41, 5.74) is -0.0893. The fourth-order valence-electron chi connectivity index (χ4n) is 2.66. The van der Waals surface area contributed by atoms with Gasteiger partial charge < -0.3 is 4.52 Å². The molecule has 0 saturated carbocycles. The maximum absolute atomic E-state index is 5.41. The van der Waals surface area contributed by atoms with Crippen molar-refractivity contribution in [3.8, 4) is 0 Å². The highest BCUT2D eigenvalue weighted by atomic mass is 16.5. The highest BCUT2D eigenvalue weighted by Crippen LogP contribution is 2.30. The minimum absolute atomic E-state index is 0.0893. The molecule has 7 nitrogen and oxygen atoms in total. The molecule has 3 rings (SSSR count). The number of nitrogens with one attached hydrogen (secondary N) is 1. The van der Waals surface area contributed by atoms with Gasteiger partial charge in [0.1, 0.15) is 12.2 Å². The third kappa shape index (κ3) is 3.12.